The van der Waals surface area contributed by atoms with E-state index in [4.69, 9.17) is 9.47 Å². The summed E-state index contributed by atoms with van der Waals surface area (Å²) in [6.45, 7) is 3.70. The van der Waals surface area contributed by atoms with Gasteiger partial charge in [-0.05, 0) is 32.0 Å². The Labute approximate surface area is 165 Å². The van der Waals surface area contributed by atoms with Gasteiger partial charge in [-0.3, -0.25) is 4.79 Å². The Morgan fingerprint density at radius 1 is 1.18 bits per heavy atom. The van der Waals surface area contributed by atoms with Gasteiger partial charge >= 0.3 is 0 Å². The number of piperidine rings is 1. The molecular formula is C21H23NO5S. The molecule has 2 bridgehead atoms. The number of ether oxygens (including phenoxy) is 2. The predicted octanol–water partition coefficient (Wildman–Crippen LogP) is 2.90. The number of likely N-dealkylation sites (tertiary alicyclic amines) is 1. The molecule has 0 unspecified atom stereocenters. The van der Waals surface area contributed by atoms with Crippen LogP contribution in [0.25, 0.3) is 0 Å². The van der Waals surface area contributed by atoms with Crippen molar-refractivity contribution in [3.8, 4) is 11.5 Å². The van der Waals surface area contributed by atoms with Crippen LogP contribution in [0.15, 0.2) is 47.4 Å². The lowest BCUT2D eigenvalue weighted by Crippen LogP contribution is -2.64. The van der Waals surface area contributed by atoms with Crippen LogP contribution in [0.4, 0.5) is 0 Å². The van der Waals surface area contributed by atoms with Crippen molar-refractivity contribution in [1.82, 2.24) is 4.90 Å². The van der Waals surface area contributed by atoms with Gasteiger partial charge in [-0.25, -0.2) is 8.42 Å². The van der Waals surface area contributed by atoms with Gasteiger partial charge in [-0.2, -0.15) is 0 Å². The zero-order valence-electron chi connectivity index (χ0n) is 16.3. The van der Waals surface area contributed by atoms with Crippen LogP contribution in [0.3, 0.4) is 0 Å². The lowest BCUT2D eigenvalue weighted by Gasteiger charge is -2.51. The van der Waals surface area contributed by atoms with Gasteiger partial charge in [0.2, 0.25) is 5.91 Å². The van der Waals surface area contributed by atoms with Gasteiger partial charge in [-0.15, -0.1) is 0 Å². The summed E-state index contributed by atoms with van der Waals surface area (Å²) in [6.07, 6.45) is 0.394. The molecule has 0 aromatic heterocycles. The molecule has 148 valence electrons. The van der Waals surface area contributed by atoms with Gasteiger partial charge in [-0.1, -0.05) is 29.8 Å². The van der Waals surface area contributed by atoms with Crippen molar-refractivity contribution in [1.29, 1.82) is 0 Å². The molecule has 0 saturated carbocycles. The lowest BCUT2D eigenvalue weighted by molar-refractivity contribution is -0.160. The zero-order valence-corrected chi connectivity index (χ0v) is 17.1. The normalized spacial score (nSPS) is 26.4. The fraction of sp³-hybridized carbons (Fsp3) is 0.381. The molecule has 3 atom stereocenters. The number of nitrogens with zero attached hydrogens (tertiary/aromatic N) is 1. The number of carbonyl (C=O) groups is 1. The molecule has 2 aromatic carbocycles. The Hall–Kier alpha value is -2.54. The molecule has 1 fully saturated rings. The van der Waals surface area contributed by atoms with Crippen LogP contribution in [-0.4, -0.2) is 44.4 Å². The Morgan fingerprint density at radius 2 is 1.86 bits per heavy atom. The number of benzene rings is 2. The molecule has 4 rings (SSSR count). The molecule has 0 aliphatic carbocycles. The van der Waals surface area contributed by atoms with Gasteiger partial charge in [0.05, 0.1) is 12.0 Å². The van der Waals surface area contributed by atoms with E-state index in [1.165, 1.54) is 4.90 Å². The molecule has 2 heterocycles. The quantitative estimate of drug-likeness (QED) is 0.791. The highest BCUT2D eigenvalue weighted by atomic mass is 32.2. The van der Waals surface area contributed by atoms with Crippen LogP contribution < -0.4 is 9.47 Å². The molecule has 1 amide bonds. The zero-order chi connectivity index (χ0) is 20.3. The van der Waals surface area contributed by atoms with Gasteiger partial charge < -0.3 is 14.4 Å². The number of amides is 1. The number of carbonyl (C=O) groups excluding carboxylic acids is 1. The van der Waals surface area contributed by atoms with Crippen LogP contribution in [0.2, 0.25) is 0 Å². The van der Waals surface area contributed by atoms with Gasteiger partial charge in [0.25, 0.3) is 0 Å². The molecule has 1 saturated heterocycles. The minimum Gasteiger partial charge on any atom is -0.493 e. The predicted molar refractivity (Wildman–Crippen MR) is 104 cm³/mol. The van der Waals surface area contributed by atoms with E-state index in [-0.39, 0.29) is 4.90 Å². The number of sulfone groups is 1. The van der Waals surface area contributed by atoms with Crippen molar-refractivity contribution in [2.75, 3.05) is 14.2 Å². The van der Waals surface area contributed by atoms with Crippen LogP contribution in [0.1, 0.15) is 30.4 Å². The van der Waals surface area contributed by atoms with Crippen molar-refractivity contribution in [2.45, 2.75) is 42.1 Å². The minimum absolute atomic E-state index is 0.157. The number of rotatable bonds is 3. The first-order chi connectivity index (χ1) is 13.2. The Morgan fingerprint density at radius 3 is 2.50 bits per heavy atom. The Bertz CT molecular complexity index is 1050. The number of hydrogen-bond donors (Lipinski definition) is 0. The summed E-state index contributed by atoms with van der Waals surface area (Å²) in [5, 5.41) is -1.21. The number of hydrogen-bond acceptors (Lipinski definition) is 5. The number of para-hydroxylation sites is 1. The largest absolute Gasteiger partial charge is 0.493 e. The van der Waals surface area contributed by atoms with Gasteiger partial charge in [0, 0.05) is 24.9 Å². The SMILES string of the molecule is COc1cccc2c1O[C@@]1(C)C[C@H]2[C@H](S(=O)(=O)c2ccc(C)cc2)C(=O)N1C. The van der Waals surface area contributed by atoms with Crippen molar-refractivity contribution >= 4 is 15.7 Å². The second kappa shape index (κ2) is 6.24. The fourth-order valence-electron chi connectivity index (χ4n) is 4.17. The lowest BCUT2D eigenvalue weighted by atomic mass is 9.80. The van der Waals surface area contributed by atoms with E-state index in [0.717, 1.165) is 5.56 Å². The smallest absolute Gasteiger partial charge is 0.244 e. The standard InChI is InChI=1S/C21H23NO5S/c1-13-8-10-14(11-9-13)28(24,25)19-16-12-21(2,22(3)20(19)23)27-18-15(16)6-5-7-17(18)26-4/h5-11,16,19H,12H2,1-4H3/t16-,19+,21+/m1/s1. The van der Waals surface area contributed by atoms with E-state index < -0.39 is 32.6 Å². The molecule has 2 aliphatic rings. The van der Waals surface area contributed by atoms with Crippen molar-refractivity contribution in [2.24, 2.45) is 0 Å². The van der Waals surface area contributed by atoms with Crippen LogP contribution in [-0.2, 0) is 14.6 Å². The van der Waals surface area contributed by atoms with Gasteiger partial charge in [0.1, 0.15) is 0 Å². The highest BCUT2D eigenvalue weighted by Crippen LogP contribution is 2.52. The average Bonchev–Trinajstić information content (AvgIpc) is 2.66. The summed E-state index contributed by atoms with van der Waals surface area (Å²) in [5.74, 6) is 0.0708. The van der Waals surface area contributed by atoms with E-state index in [9.17, 15) is 13.2 Å². The first kappa shape index (κ1) is 18.8. The second-order valence-corrected chi connectivity index (χ2v) is 9.71. The third-order valence-corrected chi connectivity index (χ3v) is 8.01. The molecule has 2 aliphatic heterocycles. The van der Waals surface area contributed by atoms with E-state index >= 15 is 0 Å². The van der Waals surface area contributed by atoms with E-state index in [2.05, 4.69) is 0 Å². The third kappa shape index (κ3) is 2.60. The monoisotopic (exact) mass is 401 g/mol. The molecular weight excluding hydrogens is 378 g/mol. The van der Waals surface area contributed by atoms with Gasteiger partial charge in [0.15, 0.2) is 32.3 Å². The number of methoxy groups -OCH3 is 1. The van der Waals surface area contributed by atoms with Crippen LogP contribution >= 0.6 is 0 Å². The second-order valence-electron chi connectivity index (χ2n) is 7.64. The highest BCUT2D eigenvalue weighted by Gasteiger charge is 2.57. The summed E-state index contributed by atoms with van der Waals surface area (Å²) in [7, 11) is -0.752. The molecule has 28 heavy (non-hydrogen) atoms. The summed E-state index contributed by atoms with van der Waals surface area (Å²) in [5.41, 5.74) is 0.724. The van der Waals surface area contributed by atoms with Crippen molar-refractivity contribution < 1.29 is 22.7 Å². The third-order valence-electron chi connectivity index (χ3n) is 5.88. The first-order valence-electron chi connectivity index (χ1n) is 9.13. The molecule has 6 nitrogen and oxygen atoms in total. The number of fused-ring (bicyclic) bond motifs is 4. The van der Waals surface area contributed by atoms with Crippen LogP contribution in [0.5, 0.6) is 11.5 Å². The Balaban J connectivity index is 1.91. The topological polar surface area (TPSA) is 72.9 Å². The van der Waals surface area contributed by atoms with E-state index in [1.54, 1.807) is 50.6 Å². The Kier molecular flexibility index (Phi) is 4.19. The van der Waals surface area contributed by atoms with E-state index in [0.29, 0.717) is 23.5 Å². The summed E-state index contributed by atoms with van der Waals surface area (Å²) >= 11 is 0. The maximum Gasteiger partial charge on any atom is 0.244 e. The number of aryl methyl sites for hydroxylation is 1. The highest BCUT2D eigenvalue weighted by molar-refractivity contribution is 7.92. The fourth-order valence-corrected chi connectivity index (χ4v) is 6.08. The molecule has 2 aromatic rings. The van der Waals surface area contributed by atoms with Crippen LogP contribution in [0, 0.1) is 6.92 Å². The maximum absolute atomic E-state index is 13.5. The van der Waals surface area contributed by atoms with Crippen molar-refractivity contribution in [3.05, 3.63) is 53.6 Å². The maximum atomic E-state index is 13.5. The average molecular weight is 401 g/mol. The van der Waals surface area contributed by atoms with E-state index in [1.807, 2.05) is 19.9 Å². The molecule has 0 N–H and O–H groups in total. The molecule has 7 heteroatoms. The molecule has 0 spiro atoms. The molecule has 0 radical (unpaired) electrons. The summed E-state index contributed by atoms with van der Waals surface area (Å²) < 4.78 is 38.6. The first-order valence-corrected chi connectivity index (χ1v) is 10.7. The summed E-state index contributed by atoms with van der Waals surface area (Å²) in [4.78, 5) is 14.8. The minimum atomic E-state index is -3.89. The summed E-state index contributed by atoms with van der Waals surface area (Å²) in [6, 6.07) is 12.0. The van der Waals surface area contributed by atoms with Crippen molar-refractivity contribution in [3.63, 3.8) is 0 Å².